The Hall–Kier alpha value is -1.30. The van der Waals surface area contributed by atoms with Crippen molar-refractivity contribution in [1.82, 2.24) is 10.2 Å². The summed E-state index contributed by atoms with van der Waals surface area (Å²) in [7, 11) is 0. The Bertz CT molecular complexity index is 361. The van der Waals surface area contributed by atoms with E-state index in [-0.39, 0.29) is 25.0 Å². The van der Waals surface area contributed by atoms with Crippen molar-refractivity contribution in [2.24, 2.45) is 5.92 Å². The highest BCUT2D eigenvalue weighted by atomic mass is 16.4. The third kappa shape index (κ3) is 3.18. The van der Waals surface area contributed by atoms with Crippen LogP contribution in [0.2, 0.25) is 0 Å². The second kappa shape index (κ2) is 5.77. The van der Waals surface area contributed by atoms with Crippen LogP contribution >= 0.6 is 0 Å². The molecule has 1 heterocycles. The molecule has 1 saturated carbocycles. The molecule has 4 atom stereocenters. The van der Waals surface area contributed by atoms with Crippen molar-refractivity contribution in [3.8, 4) is 0 Å². The molecule has 0 aromatic heterocycles. The largest absolute Gasteiger partial charge is 0.480 e. The van der Waals surface area contributed by atoms with E-state index < -0.39 is 18.1 Å². The van der Waals surface area contributed by atoms with E-state index in [0.29, 0.717) is 5.92 Å². The van der Waals surface area contributed by atoms with Crippen molar-refractivity contribution >= 4 is 12.0 Å². The first-order valence-electron chi connectivity index (χ1n) is 6.97. The van der Waals surface area contributed by atoms with Gasteiger partial charge in [-0.15, -0.1) is 0 Å². The maximum absolute atomic E-state index is 12.2. The number of aliphatic hydroxyl groups is 1. The quantitative estimate of drug-likeness (QED) is 0.692. The number of aliphatic carboxylic acids is 1. The lowest BCUT2D eigenvalue weighted by Crippen LogP contribution is -2.51. The van der Waals surface area contributed by atoms with Gasteiger partial charge in [-0.2, -0.15) is 0 Å². The van der Waals surface area contributed by atoms with E-state index in [1.54, 1.807) is 0 Å². The molecule has 2 fully saturated rings. The Labute approximate surface area is 112 Å². The molecular formula is C13H22N2O4. The van der Waals surface area contributed by atoms with Gasteiger partial charge in [0, 0.05) is 19.0 Å². The summed E-state index contributed by atoms with van der Waals surface area (Å²) in [5.74, 6) is -0.628. The Kier molecular flexibility index (Phi) is 4.29. The molecule has 1 aliphatic carbocycles. The van der Waals surface area contributed by atoms with Crippen LogP contribution in [0.5, 0.6) is 0 Å². The first-order chi connectivity index (χ1) is 8.99. The molecule has 0 bridgehead atoms. The van der Waals surface area contributed by atoms with Crippen molar-refractivity contribution in [2.45, 2.75) is 57.2 Å². The Morgan fingerprint density at radius 3 is 2.58 bits per heavy atom. The van der Waals surface area contributed by atoms with E-state index in [9.17, 15) is 14.7 Å². The predicted molar refractivity (Wildman–Crippen MR) is 68.7 cm³/mol. The molecule has 3 N–H and O–H groups in total. The number of hydrogen-bond donors (Lipinski definition) is 3. The van der Waals surface area contributed by atoms with Crippen molar-refractivity contribution in [2.75, 3.05) is 6.54 Å². The van der Waals surface area contributed by atoms with E-state index in [0.717, 1.165) is 19.3 Å². The number of likely N-dealkylation sites (tertiary alicyclic amines) is 1. The number of amides is 2. The van der Waals surface area contributed by atoms with Crippen molar-refractivity contribution in [3.63, 3.8) is 0 Å². The van der Waals surface area contributed by atoms with Gasteiger partial charge in [-0.05, 0) is 18.8 Å². The summed E-state index contributed by atoms with van der Waals surface area (Å²) >= 11 is 0. The van der Waals surface area contributed by atoms with Crippen molar-refractivity contribution in [3.05, 3.63) is 0 Å². The van der Waals surface area contributed by atoms with E-state index in [4.69, 9.17) is 5.11 Å². The molecule has 2 unspecified atom stereocenters. The number of nitrogens with zero attached hydrogens (tertiary/aromatic N) is 1. The average molecular weight is 270 g/mol. The third-order valence-electron chi connectivity index (χ3n) is 4.25. The topological polar surface area (TPSA) is 89.9 Å². The lowest BCUT2D eigenvalue weighted by Gasteiger charge is -2.32. The second-order valence-electron chi connectivity index (χ2n) is 5.71. The third-order valence-corrected chi connectivity index (χ3v) is 4.25. The number of rotatable bonds is 2. The summed E-state index contributed by atoms with van der Waals surface area (Å²) in [6.07, 6.45) is 3.70. The molecule has 6 nitrogen and oxygen atoms in total. The Morgan fingerprint density at radius 2 is 1.95 bits per heavy atom. The van der Waals surface area contributed by atoms with Crippen molar-refractivity contribution in [1.29, 1.82) is 0 Å². The number of hydrogen-bond acceptors (Lipinski definition) is 3. The van der Waals surface area contributed by atoms with Gasteiger partial charge < -0.3 is 20.4 Å². The molecular weight excluding hydrogens is 248 g/mol. The van der Waals surface area contributed by atoms with Gasteiger partial charge in [0.1, 0.15) is 6.04 Å². The van der Waals surface area contributed by atoms with E-state index >= 15 is 0 Å². The summed E-state index contributed by atoms with van der Waals surface area (Å²) < 4.78 is 0. The Balaban J connectivity index is 1.96. The van der Waals surface area contributed by atoms with Gasteiger partial charge in [0.25, 0.3) is 0 Å². The predicted octanol–water partition coefficient (Wildman–Crippen LogP) is 0.794. The molecule has 1 saturated heterocycles. The summed E-state index contributed by atoms with van der Waals surface area (Å²) in [5, 5.41) is 21.5. The fraction of sp³-hybridized carbons (Fsp3) is 0.846. The highest BCUT2D eigenvalue weighted by Crippen LogP contribution is 2.25. The number of β-amino-alcohol motifs (C(OH)–C–C–N with tert-alkyl or cyclic N) is 1. The SMILES string of the molecule is CC1CCCCC1NC(=O)N1C[C@H](O)C[C@@H]1C(=O)O. The number of carbonyl (C=O) groups excluding carboxylic acids is 1. The zero-order valence-electron chi connectivity index (χ0n) is 11.2. The lowest BCUT2D eigenvalue weighted by molar-refractivity contribution is -0.141. The molecule has 6 heteroatoms. The molecule has 108 valence electrons. The number of aliphatic hydroxyl groups excluding tert-OH is 1. The van der Waals surface area contributed by atoms with E-state index in [2.05, 4.69) is 12.2 Å². The normalized spacial score (nSPS) is 35.2. The van der Waals surface area contributed by atoms with Crippen LogP contribution in [0.1, 0.15) is 39.0 Å². The van der Waals surface area contributed by atoms with Crippen LogP contribution in [0.25, 0.3) is 0 Å². The molecule has 0 aromatic rings. The highest BCUT2D eigenvalue weighted by molar-refractivity contribution is 5.83. The fourth-order valence-corrected chi connectivity index (χ4v) is 3.04. The molecule has 2 aliphatic rings. The summed E-state index contributed by atoms with van der Waals surface area (Å²) in [5.41, 5.74) is 0. The molecule has 1 aliphatic heterocycles. The van der Waals surface area contributed by atoms with E-state index in [1.165, 1.54) is 11.3 Å². The number of nitrogens with one attached hydrogen (secondary N) is 1. The Morgan fingerprint density at radius 1 is 1.26 bits per heavy atom. The number of carbonyl (C=O) groups is 2. The van der Waals surface area contributed by atoms with Gasteiger partial charge in [0.15, 0.2) is 0 Å². The number of carboxylic acid groups (broad SMARTS) is 1. The monoisotopic (exact) mass is 270 g/mol. The zero-order valence-corrected chi connectivity index (χ0v) is 11.2. The van der Waals surface area contributed by atoms with Gasteiger partial charge in [-0.3, -0.25) is 0 Å². The van der Waals surface area contributed by atoms with Gasteiger partial charge >= 0.3 is 12.0 Å². The summed E-state index contributed by atoms with van der Waals surface area (Å²) in [6, 6.07) is -1.15. The zero-order chi connectivity index (χ0) is 14.0. The minimum absolute atomic E-state index is 0.101. The molecule has 2 amide bonds. The average Bonchev–Trinajstić information content (AvgIpc) is 2.74. The molecule has 0 spiro atoms. The minimum atomic E-state index is -1.05. The first-order valence-corrected chi connectivity index (χ1v) is 6.97. The fourth-order valence-electron chi connectivity index (χ4n) is 3.04. The van der Waals surface area contributed by atoms with Crippen molar-refractivity contribution < 1.29 is 19.8 Å². The maximum Gasteiger partial charge on any atom is 0.326 e. The van der Waals surface area contributed by atoms with Gasteiger partial charge in [0.05, 0.1) is 6.10 Å². The van der Waals surface area contributed by atoms with Crippen LogP contribution in [-0.4, -0.2) is 51.8 Å². The summed E-state index contributed by atoms with van der Waals surface area (Å²) in [6.45, 7) is 2.21. The lowest BCUT2D eigenvalue weighted by atomic mass is 9.86. The van der Waals surface area contributed by atoms with Crippen LogP contribution in [-0.2, 0) is 4.79 Å². The smallest absolute Gasteiger partial charge is 0.326 e. The highest BCUT2D eigenvalue weighted by Gasteiger charge is 2.39. The van der Waals surface area contributed by atoms with Crippen LogP contribution < -0.4 is 5.32 Å². The van der Waals surface area contributed by atoms with Gasteiger partial charge in [-0.1, -0.05) is 19.8 Å². The number of urea groups is 1. The van der Waals surface area contributed by atoms with Crippen LogP contribution in [0.3, 0.4) is 0 Å². The van der Waals surface area contributed by atoms with E-state index in [1.807, 2.05) is 0 Å². The van der Waals surface area contributed by atoms with Crippen LogP contribution in [0, 0.1) is 5.92 Å². The molecule has 0 aromatic carbocycles. The first kappa shape index (κ1) is 14.1. The standard InChI is InChI=1S/C13H22N2O4/c1-8-4-2-3-5-10(8)14-13(19)15-7-9(16)6-11(15)12(17)18/h8-11,16H,2-7H2,1H3,(H,14,19)(H,17,18)/t8?,9-,10?,11-/m1/s1. The second-order valence-corrected chi connectivity index (χ2v) is 5.71. The van der Waals surface area contributed by atoms with Gasteiger partial charge in [-0.25, -0.2) is 9.59 Å². The van der Waals surface area contributed by atoms with Crippen LogP contribution in [0.15, 0.2) is 0 Å². The molecule has 0 radical (unpaired) electrons. The molecule has 2 rings (SSSR count). The van der Waals surface area contributed by atoms with Crippen LogP contribution in [0.4, 0.5) is 4.79 Å². The minimum Gasteiger partial charge on any atom is -0.480 e. The molecule has 19 heavy (non-hydrogen) atoms. The number of carboxylic acids is 1. The van der Waals surface area contributed by atoms with Gasteiger partial charge in [0.2, 0.25) is 0 Å². The summed E-state index contributed by atoms with van der Waals surface area (Å²) in [4.78, 5) is 24.5. The maximum atomic E-state index is 12.2.